The molecular formula is C20H10N4S2. The molecule has 4 nitrogen and oxygen atoms in total. The molecular weight excluding hydrogens is 360 g/mol. The zero-order valence-corrected chi connectivity index (χ0v) is 15.0. The Morgan fingerprint density at radius 2 is 1.65 bits per heavy atom. The van der Waals surface area contributed by atoms with Gasteiger partial charge in [-0.25, -0.2) is 19.9 Å². The molecule has 0 aliphatic carbocycles. The second-order valence-corrected chi connectivity index (χ2v) is 8.12. The molecule has 6 rings (SSSR count). The molecule has 4 aromatic heterocycles. The summed E-state index contributed by atoms with van der Waals surface area (Å²) in [6.07, 6.45) is 5.34. The van der Waals surface area contributed by atoms with Crippen LogP contribution in [0.2, 0.25) is 0 Å². The zero-order valence-electron chi connectivity index (χ0n) is 13.4. The highest BCUT2D eigenvalue weighted by molar-refractivity contribution is 7.25. The van der Waals surface area contributed by atoms with Gasteiger partial charge in [0, 0.05) is 37.3 Å². The molecule has 6 heteroatoms. The Hall–Kier alpha value is -2.96. The normalized spacial score (nSPS) is 11.8. The molecule has 4 heterocycles. The van der Waals surface area contributed by atoms with Gasteiger partial charge in [0.15, 0.2) is 0 Å². The number of nitrogens with zero attached hydrogens (tertiary/aromatic N) is 4. The smallest absolute Gasteiger partial charge is 0.143 e. The van der Waals surface area contributed by atoms with Crippen molar-refractivity contribution in [3.8, 4) is 11.3 Å². The lowest BCUT2D eigenvalue weighted by molar-refractivity contribution is 1.24. The maximum absolute atomic E-state index is 4.92. The number of thiophene rings is 2. The van der Waals surface area contributed by atoms with E-state index in [2.05, 4.69) is 51.4 Å². The Morgan fingerprint density at radius 1 is 0.731 bits per heavy atom. The van der Waals surface area contributed by atoms with Crippen LogP contribution in [0.3, 0.4) is 0 Å². The highest BCUT2D eigenvalue weighted by Gasteiger charge is 2.11. The Bertz CT molecular complexity index is 1450. The minimum atomic E-state index is 0.895. The molecule has 2 aromatic carbocycles. The summed E-state index contributed by atoms with van der Waals surface area (Å²) >= 11 is 3.37. The minimum Gasteiger partial charge on any atom is -0.244 e. The molecule has 0 aliphatic rings. The number of rotatable bonds is 1. The van der Waals surface area contributed by atoms with E-state index in [4.69, 9.17) is 4.98 Å². The third-order valence-electron chi connectivity index (χ3n) is 4.54. The molecule has 0 fully saturated rings. The van der Waals surface area contributed by atoms with E-state index in [-0.39, 0.29) is 0 Å². The number of aromatic nitrogens is 4. The van der Waals surface area contributed by atoms with Gasteiger partial charge in [-0.15, -0.1) is 22.7 Å². The largest absolute Gasteiger partial charge is 0.244 e. The van der Waals surface area contributed by atoms with Crippen molar-refractivity contribution < 1.29 is 0 Å². The molecule has 0 amide bonds. The number of hydrogen-bond acceptors (Lipinski definition) is 6. The third kappa shape index (κ3) is 2.00. The lowest BCUT2D eigenvalue weighted by Crippen LogP contribution is -1.86. The monoisotopic (exact) mass is 370 g/mol. The second kappa shape index (κ2) is 5.27. The molecule has 122 valence electrons. The first-order valence-electron chi connectivity index (χ1n) is 8.14. The molecule has 0 aliphatic heterocycles. The quantitative estimate of drug-likeness (QED) is 0.374. The van der Waals surface area contributed by atoms with E-state index in [0.717, 1.165) is 31.8 Å². The number of benzene rings is 2. The summed E-state index contributed by atoms with van der Waals surface area (Å²) in [4.78, 5) is 20.1. The molecule has 0 bridgehead atoms. The standard InChI is InChI=1S/C20H10N4S2/c1-2-4-16-13(3-1)18-20(25-16)22-9-15(24-18)11-5-6-12-14-8-21-10-23-19(14)26-17(12)7-11/h1-10H. The molecule has 0 unspecified atom stereocenters. The Balaban J connectivity index is 1.59. The molecule has 6 aromatic rings. The molecule has 0 saturated carbocycles. The SMILES string of the molecule is c1ccc2c(c1)sc1ncc(-c3ccc4c(c3)sc3ncncc34)nc12. The minimum absolute atomic E-state index is 0.895. The summed E-state index contributed by atoms with van der Waals surface area (Å²) in [5.74, 6) is 0. The van der Waals surface area contributed by atoms with Gasteiger partial charge < -0.3 is 0 Å². The Morgan fingerprint density at radius 3 is 2.65 bits per heavy atom. The van der Waals surface area contributed by atoms with E-state index in [1.165, 1.54) is 20.2 Å². The molecule has 0 spiro atoms. The third-order valence-corrected chi connectivity index (χ3v) is 6.68. The van der Waals surface area contributed by atoms with Crippen molar-refractivity contribution in [1.82, 2.24) is 19.9 Å². The van der Waals surface area contributed by atoms with Gasteiger partial charge in [-0.2, -0.15) is 0 Å². The van der Waals surface area contributed by atoms with Crippen LogP contribution in [0.5, 0.6) is 0 Å². The first kappa shape index (κ1) is 14.2. The molecule has 0 N–H and O–H groups in total. The van der Waals surface area contributed by atoms with Crippen LogP contribution in [-0.2, 0) is 0 Å². The average Bonchev–Trinajstić information content (AvgIpc) is 3.25. The van der Waals surface area contributed by atoms with Gasteiger partial charge in [-0.05, 0) is 12.1 Å². The van der Waals surface area contributed by atoms with Crippen LogP contribution in [0.1, 0.15) is 0 Å². The van der Waals surface area contributed by atoms with E-state index in [9.17, 15) is 0 Å². The Kier molecular flexibility index (Phi) is 2.88. The van der Waals surface area contributed by atoms with Crippen LogP contribution >= 0.6 is 22.7 Å². The van der Waals surface area contributed by atoms with Gasteiger partial charge in [0.1, 0.15) is 21.5 Å². The van der Waals surface area contributed by atoms with Crippen molar-refractivity contribution >= 4 is 63.4 Å². The predicted molar refractivity (Wildman–Crippen MR) is 109 cm³/mol. The summed E-state index contributed by atoms with van der Waals surface area (Å²) < 4.78 is 2.41. The van der Waals surface area contributed by atoms with Crippen molar-refractivity contribution in [3.63, 3.8) is 0 Å². The van der Waals surface area contributed by atoms with Crippen molar-refractivity contribution in [1.29, 1.82) is 0 Å². The summed E-state index contributed by atoms with van der Waals surface area (Å²) in [5.41, 5.74) is 2.94. The van der Waals surface area contributed by atoms with Gasteiger partial charge in [0.05, 0.1) is 11.9 Å². The fraction of sp³-hybridized carbons (Fsp3) is 0. The van der Waals surface area contributed by atoms with E-state index in [1.807, 2.05) is 18.5 Å². The maximum Gasteiger partial charge on any atom is 0.143 e. The van der Waals surface area contributed by atoms with Gasteiger partial charge in [-0.1, -0.05) is 30.3 Å². The van der Waals surface area contributed by atoms with Crippen LogP contribution in [-0.4, -0.2) is 19.9 Å². The number of hydrogen-bond donors (Lipinski definition) is 0. The lowest BCUT2D eigenvalue weighted by atomic mass is 10.1. The van der Waals surface area contributed by atoms with E-state index >= 15 is 0 Å². The molecule has 26 heavy (non-hydrogen) atoms. The summed E-state index contributed by atoms with van der Waals surface area (Å²) in [6, 6.07) is 14.7. The van der Waals surface area contributed by atoms with Crippen molar-refractivity contribution in [2.45, 2.75) is 0 Å². The van der Waals surface area contributed by atoms with E-state index in [0.29, 0.717) is 0 Å². The average molecular weight is 370 g/mol. The highest BCUT2D eigenvalue weighted by atomic mass is 32.1. The van der Waals surface area contributed by atoms with Gasteiger partial charge in [0.2, 0.25) is 0 Å². The lowest BCUT2D eigenvalue weighted by Gasteiger charge is -2.01. The van der Waals surface area contributed by atoms with E-state index < -0.39 is 0 Å². The summed E-state index contributed by atoms with van der Waals surface area (Å²) in [5, 5.41) is 3.45. The van der Waals surface area contributed by atoms with Gasteiger partial charge in [0.25, 0.3) is 0 Å². The van der Waals surface area contributed by atoms with Crippen molar-refractivity contribution in [2.24, 2.45) is 0 Å². The van der Waals surface area contributed by atoms with Crippen LogP contribution < -0.4 is 0 Å². The highest BCUT2D eigenvalue weighted by Crippen LogP contribution is 2.36. The van der Waals surface area contributed by atoms with Crippen LogP contribution in [0.4, 0.5) is 0 Å². The summed E-state index contributed by atoms with van der Waals surface area (Å²) in [6.45, 7) is 0. The van der Waals surface area contributed by atoms with Crippen molar-refractivity contribution in [2.75, 3.05) is 0 Å². The molecule has 0 saturated heterocycles. The van der Waals surface area contributed by atoms with E-state index in [1.54, 1.807) is 29.0 Å². The fourth-order valence-corrected chi connectivity index (χ4v) is 5.34. The number of fused-ring (bicyclic) bond motifs is 6. The first-order valence-corrected chi connectivity index (χ1v) is 9.77. The topological polar surface area (TPSA) is 51.6 Å². The second-order valence-electron chi connectivity index (χ2n) is 6.06. The summed E-state index contributed by atoms with van der Waals surface area (Å²) in [7, 11) is 0. The molecule has 0 atom stereocenters. The van der Waals surface area contributed by atoms with Crippen molar-refractivity contribution in [3.05, 3.63) is 61.2 Å². The van der Waals surface area contributed by atoms with Crippen LogP contribution in [0.15, 0.2) is 61.2 Å². The van der Waals surface area contributed by atoms with Gasteiger partial charge in [-0.3, -0.25) is 0 Å². The Labute approximate surface area is 155 Å². The van der Waals surface area contributed by atoms with Gasteiger partial charge >= 0.3 is 0 Å². The maximum atomic E-state index is 4.92. The first-order chi connectivity index (χ1) is 12.9. The van der Waals surface area contributed by atoms with Crippen LogP contribution in [0.25, 0.3) is 52.0 Å². The van der Waals surface area contributed by atoms with Crippen LogP contribution in [0, 0.1) is 0 Å². The fourth-order valence-electron chi connectivity index (χ4n) is 3.30. The predicted octanol–water partition coefficient (Wildman–Crippen LogP) is 5.67. The molecule has 0 radical (unpaired) electrons. The zero-order chi connectivity index (χ0) is 17.1.